The van der Waals surface area contributed by atoms with Crippen molar-refractivity contribution in [1.29, 1.82) is 0 Å². The van der Waals surface area contributed by atoms with Crippen molar-refractivity contribution in [3.63, 3.8) is 0 Å². The molecule has 7 nitrogen and oxygen atoms in total. The quantitative estimate of drug-likeness (QED) is 0.426. The van der Waals surface area contributed by atoms with Gasteiger partial charge in [0.25, 0.3) is 0 Å². The zero-order chi connectivity index (χ0) is 14.1. The molecule has 7 heteroatoms. The second kappa shape index (κ2) is 9.38. The van der Waals surface area contributed by atoms with E-state index >= 15 is 0 Å². The van der Waals surface area contributed by atoms with E-state index in [1.165, 1.54) is 0 Å². The minimum Gasteiger partial charge on any atom is -0.394 e. The smallest absolute Gasteiger partial charge is 0.187 e. The molecule has 4 atom stereocenters. The fourth-order valence-corrected chi connectivity index (χ4v) is 1.89. The standard InChI is InChI=1S/C12H22O7/c1-2-5-18-12-11(17-7-4-14)10(16-6-3-13)9(8-15)19-12/h2,9-15H,1,3-8H2. The highest BCUT2D eigenvalue weighted by Gasteiger charge is 2.46. The molecule has 1 rings (SSSR count). The molecule has 1 saturated heterocycles. The third kappa shape index (κ3) is 4.81. The summed E-state index contributed by atoms with van der Waals surface area (Å²) in [6.45, 7) is 3.51. The molecule has 0 aliphatic carbocycles. The summed E-state index contributed by atoms with van der Waals surface area (Å²) in [7, 11) is 0. The summed E-state index contributed by atoms with van der Waals surface area (Å²) in [6, 6.07) is 0. The highest BCUT2D eigenvalue weighted by atomic mass is 16.7. The van der Waals surface area contributed by atoms with E-state index in [1.807, 2.05) is 0 Å². The molecule has 3 N–H and O–H groups in total. The second-order valence-corrected chi connectivity index (χ2v) is 3.97. The van der Waals surface area contributed by atoms with Crippen molar-refractivity contribution in [3.8, 4) is 0 Å². The summed E-state index contributed by atoms with van der Waals surface area (Å²) in [4.78, 5) is 0. The number of rotatable bonds is 10. The van der Waals surface area contributed by atoms with E-state index in [-0.39, 0.29) is 39.6 Å². The van der Waals surface area contributed by atoms with E-state index in [1.54, 1.807) is 6.08 Å². The lowest BCUT2D eigenvalue weighted by Gasteiger charge is -2.23. The number of aliphatic hydroxyl groups is 3. The maximum atomic E-state index is 9.27. The molecular formula is C12H22O7. The van der Waals surface area contributed by atoms with Gasteiger partial charge >= 0.3 is 0 Å². The minimum absolute atomic E-state index is 0.109. The summed E-state index contributed by atoms with van der Waals surface area (Å²) < 4.78 is 21.8. The minimum atomic E-state index is -0.703. The van der Waals surface area contributed by atoms with Crippen molar-refractivity contribution in [3.05, 3.63) is 12.7 Å². The van der Waals surface area contributed by atoms with E-state index in [0.717, 1.165) is 0 Å². The van der Waals surface area contributed by atoms with Crippen LogP contribution in [-0.2, 0) is 18.9 Å². The molecule has 1 fully saturated rings. The number of aliphatic hydroxyl groups excluding tert-OH is 3. The third-order valence-corrected chi connectivity index (χ3v) is 2.63. The maximum absolute atomic E-state index is 9.27. The first-order chi connectivity index (χ1) is 9.28. The summed E-state index contributed by atoms with van der Waals surface area (Å²) in [5.41, 5.74) is 0. The van der Waals surface area contributed by atoms with Crippen LogP contribution in [0.3, 0.4) is 0 Å². The van der Waals surface area contributed by atoms with Crippen LogP contribution in [0.2, 0.25) is 0 Å². The molecule has 0 bridgehead atoms. The summed E-state index contributed by atoms with van der Waals surface area (Å²) in [6.07, 6.45) is -0.854. The molecule has 0 aromatic rings. The zero-order valence-corrected chi connectivity index (χ0v) is 10.8. The first kappa shape index (κ1) is 16.5. The second-order valence-electron chi connectivity index (χ2n) is 3.97. The molecule has 0 saturated carbocycles. The Morgan fingerprint density at radius 2 is 1.63 bits per heavy atom. The van der Waals surface area contributed by atoms with Crippen LogP contribution in [-0.4, -0.2) is 79.6 Å². The summed E-state index contributed by atoms with van der Waals surface area (Å²) in [5.74, 6) is 0. The van der Waals surface area contributed by atoms with Crippen LogP contribution in [0.25, 0.3) is 0 Å². The van der Waals surface area contributed by atoms with Crippen LogP contribution in [0.15, 0.2) is 12.7 Å². The van der Waals surface area contributed by atoms with Gasteiger partial charge in [0, 0.05) is 0 Å². The predicted molar refractivity (Wildman–Crippen MR) is 65.5 cm³/mol. The Morgan fingerprint density at radius 3 is 2.16 bits per heavy atom. The lowest BCUT2D eigenvalue weighted by atomic mass is 10.1. The fourth-order valence-electron chi connectivity index (χ4n) is 1.89. The van der Waals surface area contributed by atoms with E-state index in [9.17, 15) is 5.11 Å². The fraction of sp³-hybridized carbons (Fsp3) is 0.833. The average molecular weight is 278 g/mol. The molecule has 0 aromatic heterocycles. The summed E-state index contributed by atoms with van der Waals surface area (Å²) in [5, 5.41) is 26.9. The Hall–Kier alpha value is -0.540. The van der Waals surface area contributed by atoms with E-state index in [0.29, 0.717) is 0 Å². The van der Waals surface area contributed by atoms with Gasteiger partial charge in [0.1, 0.15) is 18.3 Å². The van der Waals surface area contributed by atoms with Crippen molar-refractivity contribution in [2.45, 2.75) is 24.6 Å². The molecule has 0 amide bonds. The number of ether oxygens (including phenoxy) is 4. The lowest BCUT2D eigenvalue weighted by Crippen LogP contribution is -2.40. The van der Waals surface area contributed by atoms with Crippen LogP contribution in [0.5, 0.6) is 0 Å². The normalized spacial score (nSPS) is 30.7. The van der Waals surface area contributed by atoms with Crippen molar-refractivity contribution < 1.29 is 34.3 Å². The van der Waals surface area contributed by atoms with Crippen LogP contribution in [0.4, 0.5) is 0 Å². The van der Waals surface area contributed by atoms with Gasteiger partial charge in [0.15, 0.2) is 6.29 Å². The molecule has 112 valence electrons. The maximum Gasteiger partial charge on any atom is 0.187 e. The van der Waals surface area contributed by atoms with Crippen LogP contribution >= 0.6 is 0 Å². The molecule has 0 aromatic carbocycles. The third-order valence-electron chi connectivity index (χ3n) is 2.63. The van der Waals surface area contributed by atoms with Gasteiger partial charge in [-0.25, -0.2) is 0 Å². The zero-order valence-electron chi connectivity index (χ0n) is 10.8. The van der Waals surface area contributed by atoms with Gasteiger partial charge in [-0.1, -0.05) is 6.08 Å². The van der Waals surface area contributed by atoms with Gasteiger partial charge in [-0.15, -0.1) is 6.58 Å². The van der Waals surface area contributed by atoms with Crippen LogP contribution in [0.1, 0.15) is 0 Å². The highest BCUT2D eigenvalue weighted by molar-refractivity contribution is 4.89. The van der Waals surface area contributed by atoms with Gasteiger partial charge < -0.3 is 34.3 Å². The van der Waals surface area contributed by atoms with Gasteiger partial charge in [-0.2, -0.15) is 0 Å². The van der Waals surface area contributed by atoms with Gasteiger partial charge in [-0.05, 0) is 0 Å². The van der Waals surface area contributed by atoms with E-state index in [2.05, 4.69) is 6.58 Å². The number of hydrogen-bond donors (Lipinski definition) is 3. The van der Waals surface area contributed by atoms with E-state index in [4.69, 9.17) is 29.2 Å². The van der Waals surface area contributed by atoms with E-state index < -0.39 is 24.6 Å². The molecule has 0 radical (unpaired) electrons. The van der Waals surface area contributed by atoms with Crippen molar-refractivity contribution in [2.24, 2.45) is 0 Å². The van der Waals surface area contributed by atoms with Gasteiger partial charge in [0.2, 0.25) is 0 Å². The lowest BCUT2D eigenvalue weighted by molar-refractivity contribution is -0.176. The molecule has 0 spiro atoms. The van der Waals surface area contributed by atoms with Crippen LogP contribution < -0.4 is 0 Å². The van der Waals surface area contributed by atoms with Gasteiger partial charge in [0.05, 0.1) is 39.6 Å². The predicted octanol–water partition coefficient (Wildman–Crippen LogP) is -1.34. The molecule has 19 heavy (non-hydrogen) atoms. The molecule has 1 aliphatic heterocycles. The molecule has 1 aliphatic rings. The van der Waals surface area contributed by atoms with Crippen molar-refractivity contribution >= 4 is 0 Å². The van der Waals surface area contributed by atoms with Crippen molar-refractivity contribution in [2.75, 3.05) is 39.6 Å². The van der Waals surface area contributed by atoms with Crippen molar-refractivity contribution in [1.82, 2.24) is 0 Å². The summed E-state index contributed by atoms with van der Waals surface area (Å²) >= 11 is 0. The first-order valence-electron chi connectivity index (χ1n) is 6.22. The Morgan fingerprint density at radius 1 is 1.00 bits per heavy atom. The SMILES string of the molecule is C=CCOC1OC(CO)C(OCCO)C1OCCO. The Kier molecular flexibility index (Phi) is 8.15. The molecule has 4 unspecified atom stereocenters. The number of hydrogen-bond acceptors (Lipinski definition) is 7. The molecular weight excluding hydrogens is 256 g/mol. The molecule has 1 heterocycles. The Bertz CT molecular complexity index is 248. The van der Waals surface area contributed by atoms with Crippen LogP contribution in [0, 0.1) is 0 Å². The Balaban J connectivity index is 2.66. The monoisotopic (exact) mass is 278 g/mol. The van der Waals surface area contributed by atoms with Gasteiger partial charge in [-0.3, -0.25) is 0 Å². The first-order valence-corrected chi connectivity index (χ1v) is 6.22. The topological polar surface area (TPSA) is 97.6 Å². The highest BCUT2D eigenvalue weighted by Crippen LogP contribution is 2.27. The average Bonchev–Trinajstić information content (AvgIpc) is 2.77. The largest absolute Gasteiger partial charge is 0.394 e. The Labute approximate surface area is 112 Å².